The van der Waals surface area contributed by atoms with Gasteiger partial charge in [0.25, 0.3) is 0 Å². The maximum Gasteiger partial charge on any atom is 0.138 e. The monoisotopic (exact) mass is 406 g/mol. The predicted molar refractivity (Wildman–Crippen MR) is 116 cm³/mol. The summed E-state index contributed by atoms with van der Waals surface area (Å²) in [5.74, 6) is 0.854. The van der Waals surface area contributed by atoms with E-state index in [0.29, 0.717) is 0 Å². The lowest BCUT2D eigenvalue weighted by atomic mass is 10.1. The Balaban J connectivity index is 2.14. The van der Waals surface area contributed by atoms with Gasteiger partial charge in [-0.15, -0.1) is 0 Å². The zero-order valence-electron chi connectivity index (χ0n) is 15.6. The molecule has 3 heteroatoms. The summed E-state index contributed by atoms with van der Waals surface area (Å²) < 4.78 is 1.06. The average Bonchev–Trinajstić information content (AvgIpc) is 2.60. The van der Waals surface area contributed by atoms with Crippen molar-refractivity contribution in [3.63, 3.8) is 0 Å². The second kappa shape index (κ2) is 7.88. The minimum atomic E-state index is 0.854. The highest BCUT2D eigenvalue weighted by atomic mass is 79.9. The van der Waals surface area contributed by atoms with Crippen molar-refractivity contribution in [3.05, 3.63) is 93.0 Å². The number of nitrogens with zero attached hydrogens (tertiary/aromatic N) is 1. The van der Waals surface area contributed by atoms with Crippen molar-refractivity contribution in [2.24, 2.45) is 4.99 Å². The standard InChI is InChI=1S/C23H23BrN2/c1-15-7-5-8-16(2)21(15)25-23(19-11-13-20(24)14-12-19)26-22-17(3)9-6-10-18(22)4/h5-14H,1-4H3,(H,25,26). The number of amidine groups is 1. The third kappa shape index (κ3) is 4.05. The van der Waals surface area contributed by atoms with E-state index in [4.69, 9.17) is 4.99 Å². The smallest absolute Gasteiger partial charge is 0.138 e. The SMILES string of the molecule is Cc1cccc(C)c1N=C(Nc1c(C)cccc1C)c1ccc(Br)cc1. The molecule has 132 valence electrons. The fourth-order valence-electron chi connectivity index (χ4n) is 3.00. The second-order valence-electron chi connectivity index (χ2n) is 6.60. The highest BCUT2D eigenvalue weighted by Crippen LogP contribution is 2.26. The molecule has 1 N–H and O–H groups in total. The van der Waals surface area contributed by atoms with E-state index in [1.807, 2.05) is 12.1 Å². The van der Waals surface area contributed by atoms with Crippen LogP contribution in [-0.4, -0.2) is 5.84 Å². The van der Waals surface area contributed by atoms with Gasteiger partial charge in [-0.2, -0.15) is 0 Å². The molecule has 0 bridgehead atoms. The fraction of sp³-hybridized carbons (Fsp3) is 0.174. The van der Waals surface area contributed by atoms with Crippen molar-refractivity contribution in [2.75, 3.05) is 5.32 Å². The molecule has 0 aliphatic rings. The maximum absolute atomic E-state index is 5.03. The van der Waals surface area contributed by atoms with Crippen LogP contribution in [0.25, 0.3) is 0 Å². The topological polar surface area (TPSA) is 24.4 Å². The third-order valence-electron chi connectivity index (χ3n) is 4.51. The molecule has 2 nitrogen and oxygen atoms in total. The van der Waals surface area contributed by atoms with Gasteiger partial charge in [0, 0.05) is 15.7 Å². The van der Waals surface area contributed by atoms with Crippen LogP contribution in [0.2, 0.25) is 0 Å². The quantitative estimate of drug-likeness (QED) is 0.372. The van der Waals surface area contributed by atoms with Crippen LogP contribution in [0.15, 0.2) is 70.1 Å². The number of anilines is 1. The van der Waals surface area contributed by atoms with Gasteiger partial charge in [0.05, 0.1) is 5.69 Å². The summed E-state index contributed by atoms with van der Waals surface area (Å²) in [5, 5.41) is 3.59. The minimum Gasteiger partial charge on any atom is -0.339 e. The van der Waals surface area contributed by atoms with Gasteiger partial charge >= 0.3 is 0 Å². The Labute approximate surface area is 164 Å². The van der Waals surface area contributed by atoms with Gasteiger partial charge in [-0.1, -0.05) is 64.5 Å². The Morgan fingerprint density at radius 1 is 0.731 bits per heavy atom. The van der Waals surface area contributed by atoms with Crippen LogP contribution in [0.4, 0.5) is 11.4 Å². The molecule has 3 rings (SSSR count). The first kappa shape index (κ1) is 18.4. The lowest BCUT2D eigenvalue weighted by molar-refractivity contribution is 1.31. The number of rotatable bonds is 3. The molecule has 0 spiro atoms. The molecule has 0 saturated heterocycles. The van der Waals surface area contributed by atoms with Crippen LogP contribution in [-0.2, 0) is 0 Å². The summed E-state index contributed by atoms with van der Waals surface area (Å²) in [6, 6.07) is 20.8. The number of halogens is 1. The first-order valence-corrected chi connectivity index (χ1v) is 9.49. The molecule has 3 aromatic rings. The Kier molecular flexibility index (Phi) is 5.58. The number of hydrogen-bond acceptors (Lipinski definition) is 1. The molecule has 26 heavy (non-hydrogen) atoms. The van der Waals surface area contributed by atoms with Gasteiger partial charge in [0.15, 0.2) is 0 Å². The summed E-state index contributed by atoms with van der Waals surface area (Å²) in [6.45, 7) is 8.44. The second-order valence-corrected chi connectivity index (χ2v) is 7.52. The van der Waals surface area contributed by atoms with Crippen molar-refractivity contribution < 1.29 is 0 Å². The number of hydrogen-bond donors (Lipinski definition) is 1. The summed E-state index contributed by atoms with van der Waals surface area (Å²) in [4.78, 5) is 5.03. The highest BCUT2D eigenvalue weighted by molar-refractivity contribution is 9.10. The molecule has 3 aromatic carbocycles. The van der Waals surface area contributed by atoms with Gasteiger partial charge < -0.3 is 5.32 Å². The molecule has 0 unspecified atom stereocenters. The van der Waals surface area contributed by atoms with Crippen molar-refractivity contribution in [3.8, 4) is 0 Å². The van der Waals surface area contributed by atoms with Crippen molar-refractivity contribution in [1.82, 2.24) is 0 Å². The lowest BCUT2D eigenvalue weighted by Crippen LogP contribution is -2.15. The molecule has 0 aliphatic heterocycles. The largest absolute Gasteiger partial charge is 0.339 e. The molecule has 0 atom stereocenters. The Morgan fingerprint density at radius 3 is 1.77 bits per heavy atom. The zero-order chi connectivity index (χ0) is 18.7. The van der Waals surface area contributed by atoms with Gasteiger partial charge in [-0.3, -0.25) is 0 Å². The Hall–Kier alpha value is -2.39. The van der Waals surface area contributed by atoms with E-state index < -0.39 is 0 Å². The lowest BCUT2D eigenvalue weighted by Gasteiger charge is -2.16. The first-order valence-electron chi connectivity index (χ1n) is 8.70. The predicted octanol–water partition coefficient (Wildman–Crippen LogP) is 6.87. The minimum absolute atomic E-state index is 0.854. The van der Waals surface area contributed by atoms with Gasteiger partial charge in [0.1, 0.15) is 5.84 Å². The average molecular weight is 407 g/mol. The highest BCUT2D eigenvalue weighted by Gasteiger charge is 2.10. The van der Waals surface area contributed by atoms with Gasteiger partial charge in [-0.05, 0) is 62.1 Å². The molecule has 0 saturated carbocycles. The van der Waals surface area contributed by atoms with E-state index in [9.17, 15) is 0 Å². The number of nitrogens with one attached hydrogen (secondary N) is 1. The number of aryl methyl sites for hydroxylation is 4. The van der Waals surface area contributed by atoms with Crippen LogP contribution in [0.1, 0.15) is 27.8 Å². The van der Waals surface area contributed by atoms with E-state index in [1.54, 1.807) is 0 Å². The van der Waals surface area contributed by atoms with Gasteiger partial charge in [0.2, 0.25) is 0 Å². The van der Waals surface area contributed by atoms with Gasteiger partial charge in [-0.25, -0.2) is 4.99 Å². The Morgan fingerprint density at radius 2 is 1.23 bits per heavy atom. The summed E-state index contributed by atoms with van der Waals surface area (Å²) in [7, 11) is 0. The summed E-state index contributed by atoms with van der Waals surface area (Å²) >= 11 is 3.51. The van der Waals surface area contributed by atoms with Crippen LogP contribution < -0.4 is 5.32 Å². The molecule has 0 radical (unpaired) electrons. The molecule has 0 amide bonds. The fourth-order valence-corrected chi connectivity index (χ4v) is 3.26. The van der Waals surface area contributed by atoms with E-state index in [1.165, 1.54) is 22.3 Å². The van der Waals surface area contributed by atoms with Crippen LogP contribution in [0.5, 0.6) is 0 Å². The van der Waals surface area contributed by atoms with Crippen LogP contribution >= 0.6 is 15.9 Å². The molecule has 0 fully saturated rings. The molecule has 0 aliphatic carbocycles. The van der Waals surface area contributed by atoms with Crippen molar-refractivity contribution in [2.45, 2.75) is 27.7 Å². The van der Waals surface area contributed by atoms with E-state index in [-0.39, 0.29) is 0 Å². The third-order valence-corrected chi connectivity index (χ3v) is 5.03. The van der Waals surface area contributed by atoms with Crippen molar-refractivity contribution >= 4 is 33.1 Å². The molecular formula is C23H23BrN2. The molecular weight excluding hydrogens is 384 g/mol. The molecule has 0 aromatic heterocycles. The normalized spacial score (nSPS) is 11.5. The maximum atomic E-state index is 5.03. The number of para-hydroxylation sites is 2. The zero-order valence-corrected chi connectivity index (χ0v) is 17.2. The molecule has 0 heterocycles. The summed E-state index contributed by atoms with van der Waals surface area (Å²) in [5.41, 5.74) is 7.93. The Bertz CT molecular complexity index is 916. The van der Waals surface area contributed by atoms with Crippen LogP contribution in [0.3, 0.4) is 0 Å². The van der Waals surface area contributed by atoms with E-state index >= 15 is 0 Å². The van der Waals surface area contributed by atoms with E-state index in [0.717, 1.165) is 27.2 Å². The van der Waals surface area contributed by atoms with Crippen molar-refractivity contribution in [1.29, 1.82) is 0 Å². The number of benzene rings is 3. The summed E-state index contributed by atoms with van der Waals surface area (Å²) in [6.07, 6.45) is 0. The van der Waals surface area contributed by atoms with E-state index in [2.05, 4.69) is 97.5 Å². The number of aliphatic imine (C=N–C) groups is 1. The van der Waals surface area contributed by atoms with Crippen LogP contribution in [0, 0.1) is 27.7 Å². The first-order chi connectivity index (χ1) is 12.5.